The first-order valence-corrected chi connectivity index (χ1v) is 9.96. The Morgan fingerprint density at radius 1 is 1.28 bits per heavy atom. The molecule has 2 aromatic heterocycles. The number of H-pyrrole nitrogens is 1. The van der Waals surface area contributed by atoms with Crippen molar-refractivity contribution in [3.05, 3.63) is 59.4 Å². The lowest BCUT2D eigenvalue weighted by molar-refractivity contribution is -0.138. The molecule has 168 valence electrons. The fourth-order valence-electron chi connectivity index (χ4n) is 4.34. The van der Waals surface area contributed by atoms with E-state index in [1.165, 1.54) is 37.6 Å². The average Bonchev–Trinajstić information content (AvgIpc) is 3.32. The lowest BCUT2D eigenvalue weighted by atomic mass is 9.85. The summed E-state index contributed by atoms with van der Waals surface area (Å²) in [7, 11) is 1.49. The van der Waals surface area contributed by atoms with Crippen molar-refractivity contribution < 1.29 is 27.8 Å². The number of rotatable bonds is 7. The van der Waals surface area contributed by atoms with Gasteiger partial charge in [-0.25, -0.2) is 13.2 Å². The topological polar surface area (TPSA) is 80.1 Å². The second-order valence-corrected chi connectivity index (χ2v) is 8.38. The molecule has 0 saturated heterocycles. The molecule has 0 radical (unpaired) electrons. The molecule has 0 aliphatic carbocycles. The second-order valence-electron chi connectivity index (χ2n) is 8.38. The van der Waals surface area contributed by atoms with Crippen LogP contribution in [0.25, 0.3) is 27.5 Å². The zero-order valence-electron chi connectivity index (χ0n) is 17.7. The number of aromatic nitrogens is 3. The molecule has 0 aliphatic heterocycles. The zero-order chi connectivity index (χ0) is 23.2. The van der Waals surface area contributed by atoms with Crippen LogP contribution in [0.2, 0.25) is 0 Å². The SMILES string of the molecule is COCC(C)(C)c1c([C@@H](F)CC(=O)O)c2c(F)c3[nH]ncc3cc2n1-c1ccc(F)cc1. The Balaban J connectivity index is 2.21. The van der Waals surface area contributed by atoms with Crippen LogP contribution in [0.15, 0.2) is 36.5 Å². The summed E-state index contributed by atoms with van der Waals surface area (Å²) in [5.41, 5.74) is 0.334. The van der Waals surface area contributed by atoms with Crippen molar-refractivity contribution in [1.29, 1.82) is 0 Å². The van der Waals surface area contributed by atoms with Crippen LogP contribution in [0.5, 0.6) is 0 Å². The Morgan fingerprint density at radius 3 is 2.59 bits per heavy atom. The molecule has 4 aromatic rings. The summed E-state index contributed by atoms with van der Waals surface area (Å²) in [6.45, 7) is 3.75. The maximum atomic E-state index is 15.7. The number of aromatic amines is 1. The van der Waals surface area contributed by atoms with Gasteiger partial charge in [0.1, 0.15) is 17.5 Å². The number of ether oxygens (including phenoxy) is 1. The van der Waals surface area contributed by atoms with E-state index < -0.39 is 35.6 Å². The van der Waals surface area contributed by atoms with Crippen LogP contribution in [-0.2, 0) is 14.9 Å². The van der Waals surface area contributed by atoms with Crippen LogP contribution < -0.4 is 0 Å². The molecule has 2 N–H and O–H groups in total. The Kier molecular flexibility index (Phi) is 5.46. The summed E-state index contributed by atoms with van der Waals surface area (Å²) in [5.74, 6) is -2.53. The minimum Gasteiger partial charge on any atom is -0.481 e. The highest BCUT2D eigenvalue weighted by atomic mass is 19.1. The molecule has 0 spiro atoms. The molecule has 4 rings (SSSR count). The lowest BCUT2D eigenvalue weighted by Crippen LogP contribution is -2.28. The van der Waals surface area contributed by atoms with E-state index in [1.807, 2.05) is 0 Å². The molecule has 0 saturated carbocycles. The minimum absolute atomic E-state index is 0.0426. The van der Waals surface area contributed by atoms with Gasteiger partial charge in [0.05, 0.1) is 24.7 Å². The van der Waals surface area contributed by atoms with E-state index in [4.69, 9.17) is 4.74 Å². The molecule has 2 aromatic carbocycles. The molecular weight excluding hydrogens is 423 g/mol. The van der Waals surface area contributed by atoms with Gasteiger partial charge in [0.15, 0.2) is 5.82 Å². The third-order valence-electron chi connectivity index (χ3n) is 5.54. The Hall–Kier alpha value is -3.33. The van der Waals surface area contributed by atoms with Gasteiger partial charge in [-0.15, -0.1) is 0 Å². The van der Waals surface area contributed by atoms with Crippen molar-refractivity contribution in [1.82, 2.24) is 14.8 Å². The third kappa shape index (κ3) is 3.52. The molecule has 0 aliphatic rings. The minimum atomic E-state index is -1.99. The number of benzene rings is 2. The van der Waals surface area contributed by atoms with E-state index in [0.29, 0.717) is 22.3 Å². The highest BCUT2D eigenvalue weighted by molar-refractivity contribution is 6.00. The van der Waals surface area contributed by atoms with Gasteiger partial charge in [-0.2, -0.15) is 5.10 Å². The quantitative estimate of drug-likeness (QED) is 0.410. The number of alkyl halides is 1. The van der Waals surface area contributed by atoms with Crippen LogP contribution in [0.4, 0.5) is 13.2 Å². The number of hydrogen-bond acceptors (Lipinski definition) is 3. The maximum Gasteiger partial charge on any atom is 0.306 e. The van der Waals surface area contributed by atoms with Gasteiger partial charge in [0, 0.05) is 40.2 Å². The van der Waals surface area contributed by atoms with Gasteiger partial charge in [0.25, 0.3) is 0 Å². The number of methoxy groups -OCH3 is 1. The summed E-state index contributed by atoms with van der Waals surface area (Å²) >= 11 is 0. The van der Waals surface area contributed by atoms with Crippen LogP contribution >= 0.6 is 0 Å². The fraction of sp³-hybridized carbons (Fsp3) is 0.304. The highest BCUT2D eigenvalue weighted by Gasteiger charge is 2.37. The van der Waals surface area contributed by atoms with E-state index in [1.54, 1.807) is 24.5 Å². The first kappa shape index (κ1) is 21.9. The second kappa shape index (κ2) is 7.98. The first-order valence-electron chi connectivity index (χ1n) is 9.96. The number of nitrogens with one attached hydrogen (secondary N) is 1. The Labute approximate surface area is 181 Å². The summed E-state index contributed by atoms with van der Waals surface area (Å²) in [4.78, 5) is 11.4. The summed E-state index contributed by atoms with van der Waals surface area (Å²) < 4.78 is 51.9. The largest absolute Gasteiger partial charge is 0.481 e. The first-order chi connectivity index (χ1) is 15.2. The van der Waals surface area contributed by atoms with Gasteiger partial charge in [-0.05, 0) is 30.3 Å². The zero-order valence-corrected chi connectivity index (χ0v) is 17.7. The van der Waals surface area contributed by atoms with Crippen molar-refractivity contribution in [3.63, 3.8) is 0 Å². The monoisotopic (exact) mass is 445 g/mol. The number of fused-ring (bicyclic) bond motifs is 2. The third-order valence-corrected chi connectivity index (χ3v) is 5.54. The van der Waals surface area contributed by atoms with E-state index in [9.17, 15) is 14.3 Å². The van der Waals surface area contributed by atoms with Crippen molar-refractivity contribution >= 4 is 27.8 Å². The summed E-state index contributed by atoms with van der Waals surface area (Å²) in [6.07, 6.45) is -1.37. The smallest absolute Gasteiger partial charge is 0.306 e. The Bertz CT molecular complexity index is 1310. The van der Waals surface area contributed by atoms with Crippen molar-refractivity contribution in [3.8, 4) is 5.69 Å². The Morgan fingerprint density at radius 2 is 1.97 bits per heavy atom. The van der Waals surface area contributed by atoms with Crippen LogP contribution in [0, 0.1) is 11.6 Å². The van der Waals surface area contributed by atoms with Gasteiger partial charge in [0.2, 0.25) is 0 Å². The number of carbonyl (C=O) groups is 1. The summed E-state index contributed by atoms with van der Waals surface area (Å²) in [6, 6.07) is 7.18. The number of hydrogen-bond donors (Lipinski definition) is 2. The molecule has 0 amide bonds. The molecule has 32 heavy (non-hydrogen) atoms. The molecule has 6 nitrogen and oxygen atoms in total. The van der Waals surface area contributed by atoms with Crippen molar-refractivity contribution in [2.75, 3.05) is 13.7 Å². The molecule has 0 fully saturated rings. The molecular formula is C23H22F3N3O3. The molecule has 1 atom stereocenters. The van der Waals surface area contributed by atoms with Crippen LogP contribution in [-0.4, -0.2) is 39.6 Å². The van der Waals surface area contributed by atoms with E-state index >= 15 is 8.78 Å². The van der Waals surface area contributed by atoms with E-state index in [2.05, 4.69) is 10.2 Å². The molecule has 2 heterocycles. The van der Waals surface area contributed by atoms with E-state index in [0.717, 1.165) is 0 Å². The highest BCUT2D eigenvalue weighted by Crippen LogP contribution is 2.44. The maximum absolute atomic E-state index is 15.7. The van der Waals surface area contributed by atoms with Crippen molar-refractivity contribution in [2.45, 2.75) is 31.9 Å². The van der Waals surface area contributed by atoms with Gasteiger partial charge >= 0.3 is 5.97 Å². The lowest BCUT2D eigenvalue weighted by Gasteiger charge is -2.28. The standard InChI is InChI=1S/C23H22F3N3O3/c1-23(2,11-32-3)22-18(15(25)9-17(30)31)19-16(8-12-10-27-28-21(12)20(19)26)29(22)14-6-4-13(24)5-7-14/h4-8,10,15H,9,11H2,1-3H3,(H,27,28)(H,30,31)/t15-/m0/s1. The van der Waals surface area contributed by atoms with Gasteiger partial charge in [-0.1, -0.05) is 13.8 Å². The molecule has 0 unspecified atom stereocenters. The number of aliphatic carboxylic acids is 1. The van der Waals surface area contributed by atoms with Crippen LogP contribution in [0.3, 0.4) is 0 Å². The summed E-state index contributed by atoms with van der Waals surface area (Å²) in [5, 5.41) is 16.1. The van der Waals surface area contributed by atoms with Crippen LogP contribution in [0.1, 0.15) is 37.7 Å². The number of nitrogens with zero attached hydrogens (tertiary/aromatic N) is 2. The molecule has 9 heteroatoms. The molecule has 0 bridgehead atoms. The van der Waals surface area contributed by atoms with Gasteiger partial charge < -0.3 is 14.4 Å². The number of halogens is 3. The number of carboxylic acid groups (broad SMARTS) is 1. The van der Waals surface area contributed by atoms with Gasteiger partial charge in [-0.3, -0.25) is 9.89 Å². The predicted octanol–water partition coefficient (Wildman–Crippen LogP) is 5.19. The average molecular weight is 445 g/mol. The number of carboxylic acids is 1. The fourth-order valence-corrected chi connectivity index (χ4v) is 4.34. The van der Waals surface area contributed by atoms with Crippen molar-refractivity contribution in [2.24, 2.45) is 0 Å². The van der Waals surface area contributed by atoms with E-state index in [-0.39, 0.29) is 23.1 Å². The predicted molar refractivity (Wildman–Crippen MR) is 114 cm³/mol. The normalized spacial score (nSPS) is 13.2.